The lowest BCUT2D eigenvalue weighted by Gasteiger charge is -2.35. The van der Waals surface area contributed by atoms with Crippen molar-refractivity contribution < 1.29 is 0 Å². The van der Waals surface area contributed by atoms with Gasteiger partial charge in [0.05, 0.1) is 0 Å². The second-order valence-electron chi connectivity index (χ2n) is 5.76. The summed E-state index contributed by atoms with van der Waals surface area (Å²) in [5, 5.41) is 7.23. The fraction of sp³-hybridized carbons (Fsp3) is 0.667. The van der Waals surface area contributed by atoms with Crippen molar-refractivity contribution >= 4 is 0 Å². The van der Waals surface area contributed by atoms with Gasteiger partial charge >= 0.3 is 0 Å². The lowest BCUT2D eigenvalue weighted by molar-refractivity contribution is 0.172. The molecule has 3 rings (SSSR count). The molecule has 0 saturated carbocycles. The molecular weight excluding hydrogens is 222 g/mol. The highest BCUT2D eigenvalue weighted by Crippen LogP contribution is 2.27. The van der Waals surface area contributed by atoms with Gasteiger partial charge in [-0.15, -0.1) is 0 Å². The zero-order valence-electron chi connectivity index (χ0n) is 11.0. The lowest BCUT2D eigenvalue weighted by Crippen LogP contribution is -2.38. The Morgan fingerprint density at radius 1 is 1.33 bits per heavy atom. The molecule has 1 aliphatic carbocycles. The van der Waals surface area contributed by atoms with Crippen LogP contribution in [0.5, 0.6) is 0 Å². The number of hydrogen-bond acceptors (Lipinski definition) is 2. The van der Waals surface area contributed by atoms with Gasteiger partial charge in [0.25, 0.3) is 0 Å². The summed E-state index contributed by atoms with van der Waals surface area (Å²) >= 11 is 0. The number of likely N-dealkylation sites (tertiary alicyclic amines) is 1. The van der Waals surface area contributed by atoms with E-state index < -0.39 is 0 Å². The first-order valence-corrected chi connectivity index (χ1v) is 7.28. The van der Waals surface area contributed by atoms with Crippen LogP contribution in [0.15, 0.2) is 24.4 Å². The van der Waals surface area contributed by atoms with E-state index in [1.807, 2.05) is 6.20 Å². The minimum atomic E-state index is 0.667. The number of nitrogens with one attached hydrogen (secondary N) is 1. The van der Waals surface area contributed by atoms with Crippen LogP contribution >= 0.6 is 0 Å². The van der Waals surface area contributed by atoms with Gasteiger partial charge in [-0.25, -0.2) is 0 Å². The number of aromatic nitrogens is 2. The van der Waals surface area contributed by atoms with Crippen molar-refractivity contribution in [2.75, 3.05) is 19.6 Å². The third-order valence-electron chi connectivity index (χ3n) is 4.36. The van der Waals surface area contributed by atoms with Gasteiger partial charge in [0, 0.05) is 30.9 Å². The van der Waals surface area contributed by atoms with E-state index in [9.17, 15) is 0 Å². The van der Waals surface area contributed by atoms with E-state index in [1.54, 1.807) is 0 Å². The summed E-state index contributed by atoms with van der Waals surface area (Å²) in [7, 11) is 0. The summed E-state index contributed by atoms with van der Waals surface area (Å²) in [5.41, 5.74) is 1.32. The number of allylic oxidation sites excluding steroid dienone is 2. The summed E-state index contributed by atoms with van der Waals surface area (Å²) in [6.07, 6.45) is 13.1. The minimum absolute atomic E-state index is 0.667. The van der Waals surface area contributed by atoms with Crippen molar-refractivity contribution in [1.82, 2.24) is 15.1 Å². The fourth-order valence-electron chi connectivity index (χ4n) is 3.36. The number of rotatable bonds is 3. The lowest BCUT2D eigenvalue weighted by atomic mass is 9.90. The number of nitrogens with zero attached hydrogens (tertiary/aromatic N) is 2. The minimum Gasteiger partial charge on any atom is -0.302 e. The van der Waals surface area contributed by atoms with Crippen LogP contribution < -0.4 is 0 Å². The quantitative estimate of drug-likeness (QED) is 0.830. The van der Waals surface area contributed by atoms with E-state index in [-0.39, 0.29) is 0 Å². The van der Waals surface area contributed by atoms with E-state index >= 15 is 0 Å². The molecule has 3 heteroatoms. The molecule has 18 heavy (non-hydrogen) atoms. The Bertz CT molecular complexity index is 382. The summed E-state index contributed by atoms with van der Waals surface area (Å²) in [6, 6.07) is 2.14. The van der Waals surface area contributed by atoms with Crippen molar-refractivity contribution in [3.05, 3.63) is 30.1 Å². The number of H-pyrrole nitrogens is 1. The zero-order valence-corrected chi connectivity index (χ0v) is 11.0. The molecule has 1 saturated heterocycles. The van der Waals surface area contributed by atoms with Crippen LogP contribution in [0.25, 0.3) is 0 Å². The van der Waals surface area contributed by atoms with Gasteiger partial charge in [-0.05, 0) is 50.6 Å². The molecule has 2 heterocycles. The van der Waals surface area contributed by atoms with Crippen LogP contribution in [-0.4, -0.2) is 34.7 Å². The molecule has 0 spiro atoms. The Morgan fingerprint density at radius 3 is 3.11 bits per heavy atom. The Balaban J connectivity index is 1.55. The van der Waals surface area contributed by atoms with Crippen molar-refractivity contribution in [2.45, 2.75) is 38.0 Å². The van der Waals surface area contributed by atoms with Crippen LogP contribution in [0, 0.1) is 5.92 Å². The first kappa shape index (κ1) is 12.0. The highest BCUT2D eigenvalue weighted by atomic mass is 15.1. The molecule has 0 unspecified atom stereocenters. The van der Waals surface area contributed by atoms with E-state index in [0.717, 1.165) is 5.92 Å². The second-order valence-corrected chi connectivity index (χ2v) is 5.76. The molecule has 2 atom stereocenters. The maximum atomic E-state index is 4.09. The molecule has 0 radical (unpaired) electrons. The maximum Gasteiger partial charge on any atom is 0.0490 e. The summed E-state index contributed by atoms with van der Waals surface area (Å²) in [6.45, 7) is 3.78. The molecule has 1 aromatic rings. The van der Waals surface area contributed by atoms with Crippen LogP contribution in [0.4, 0.5) is 0 Å². The van der Waals surface area contributed by atoms with Gasteiger partial charge < -0.3 is 4.90 Å². The molecule has 1 aromatic heterocycles. The predicted molar refractivity (Wildman–Crippen MR) is 73.5 cm³/mol. The molecule has 0 bridgehead atoms. The average molecular weight is 245 g/mol. The smallest absolute Gasteiger partial charge is 0.0490 e. The normalized spacial score (nSPS) is 29.6. The Hall–Kier alpha value is -1.09. The molecule has 0 aromatic carbocycles. The summed E-state index contributed by atoms with van der Waals surface area (Å²) in [4.78, 5) is 2.67. The number of piperidine rings is 1. The zero-order chi connectivity index (χ0) is 12.2. The highest BCUT2D eigenvalue weighted by Gasteiger charge is 2.24. The third kappa shape index (κ3) is 2.83. The number of hydrogen-bond donors (Lipinski definition) is 1. The topological polar surface area (TPSA) is 31.9 Å². The molecule has 2 aliphatic rings. The van der Waals surface area contributed by atoms with Gasteiger partial charge in [0.15, 0.2) is 0 Å². The molecule has 1 aliphatic heterocycles. The monoisotopic (exact) mass is 245 g/mol. The molecule has 1 N–H and O–H groups in total. The Kier molecular flexibility index (Phi) is 3.79. The molecule has 1 fully saturated rings. The number of aromatic amines is 1. The van der Waals surface area contributed by atoms with E-state index in [1.165, 1.54) is 57.4 Å². The third-order valence-corrected chi connectivity index (χ3v) is 4.36. The summed E-state index contributed by atoms with van der Waals surface area (Å²) < 4.78 is 0. The Morgan fingerprint density at radius 2 is 2.33 bits per heavy atom. The van der Waals surface area contributed by atoms with Gasteiger partial charge in [-0.2, -0.15) is 5.10 Å². The van der Waals surface area contributed by atoms with Crippen molar-refractivity contribution in [3.63, 3.8) is 0 Å². The molecular formula is C15H23N3. The van der Waals surface area contributed by atoms with E-state index in [4.69, 9.17) is 0 Å². The average Bonchev–Trinajstić information content (AvgIpc) is 2.94. The van der Waals surface area contributed by atoms with Crippen molar-refractivity contribution in [2.24, 2.45) is 5.92 Å². The molecule has 3 nitrogen and oxygen atoms in total. The van der Waals surface area contributed by atoms with Crippen LogP contribution in [0.3, 0.4) is 0 Å². The van der Waals surface area contributed by atoms with Gasteiger partial charge in [-0.3, -0.25) is 5.10 Å². The van der Waals surface area contributed by atoms with Crippen LogP contribution in [0.1, 0.15) is 43.7 Å². The molecule has 98 valence electrons. The highest BCUT2D eigenvalue weighted by molar-refractivity contribution is 5.07. The SMILES string of the molecule is C1=CC[C@H](CN2CCC[C@@H](c3ccn[nH]3)C2)CC1. The van der Waals surface area contributed by atoms with Gasteiger partial charge in [0.1, 0.15) is 0 Å². The predicted octanol–water partition coefficient (Wildman–Crippen LogP) is 2.95. The van der Waals surface area contributed by atoms with E-state index in [2.05, 4.69) is 33.3 Å². The first-order valence-electron chi connectivity index (χ1n) is 7.28. The van der Waals surface area contributed by atoms with Crippen molar-refractivity contribution in [3.8, 4) is 0 Å². The van der Waals surface area contributed by atoms with E-state index in [0.29, 0.717) is 5.92 Å². The molecule has 0 amide bonds. The second kappa shape index (κ2) is 5.70. The standard InChI is InChI=1S/C15H23N3/c1-2-5-13(6-3-1)11-18-10-4-7-14(12-18)15-8-9-16-17-15/h1-2,8-9,13-14H,3-7,10-12H2,(H,16,17)/t13-,14+/m0/s1. The first-order chi connectivity index (χ1) is 8.92. The Labute approximate surface area is 109 Å². The van der Waals surface area contributed by atoms with Crippen LogP contribution in [0.2, 0.25) is 0 Å². The summed E-state index contributed by atoms with van der Waals surface area (Å²) in [5.74, 6) is 1.55. The largest absolute Gasteiger partial charge is 0.302 e. The van der Waals surface area contributed by atoms with Crippen LogP contribution in [-0.2, 0) is 0 Å². The van der Waals surface area contributed by atoms with Crippen molar-refractivity contribution in [1.29, 1.82) is 0 Å². The van der Waals surface area contributed by atoms with Gasteiger partial charge in [-0.1, -0.05) is 12.2 Å². The fourth-order valence-corrected chi connectivity index (χ4v) is 3.36. The van der Waals surface area contributed by atoms with Gasteiger partial charge in [0.2, 0.25) is 0 Å². The maximum absolute atomic E-state index is 4.09.